The number of carbonyl (C=O) groups excluding carboxylic acids is 1. The Kier molecular flexibility index (Phi) is 4.29. The van der Waals surface area contributed by atoms with E-state index in [-0.39, 0.29) is 5.92 Å². The molecule has 0 N–H and O–H groups in total. The standard InChI is InChI=1S/C13H17BrN2O/c1-10(17)12-3-2-4-16(9-12)8-11-5-13(14)7-15-6-11/h5-7,12H,2-4,8-9H2,1H3. The molecule has 1 aromatic heterocycles. The minimum Gasteiger partial charge on any atom is -0.300 e. The number of Topliss-reactive ketones (excluding diaryl/α,β-unsaturated/α-hetero) is 1. The number of rotatable bonds is 3. The van der Waals surface area contributed by atoms with Crippen LogP contribution in [0.1, 0.15) is 25.3 Å². The molecule has 0 spiro atoms. The van der Waals surface area contributed by atoms with Crippen molar-refractivity contribution in [2.75, 3.05) is 13.1 Å². The van der Waals surface area contributed by atoms with E-state index >= 15 is 0 Å². The Labute approximate surface area is 110 Å². The van der Waals surface area contributed by atoms with Gasteiger partial charge in [0, 0.05) is 35.9 Å². The van der Waals surface area contributed by atoms with Gasteiger partial charge in [0.05, 0.1) is 0 Å². The average Bonchev–Trinajstić information content (AvgIpc) is 2.29. The summed E-state index contributed by atoms with van der Waals surface area (Å²) in [4.78, 5) is 17.9. The molecular formula is C13H17BrN2O. The Morgan fingerprint density at radius 1 is 1.59 bits per heavy atom. The van der Waals surface area contributed by atoms with Crippen molar-refractivity contribution in [1.82, 2.24) is 9.88 Å². The Balaban J connectivity index is 1.97. The van der Waals surface area contributed by atoms with Gasteiger partial charge < -0.3 is 0 Å². The highest BCUT2D eigenvalue weighted by Crippen LogP contribution is 2.20. The highest BCUT2D eigenvalue weighted by atomic mass is 79.9. The number of aromatic nitrogens is 1. The van der Waals surface area contributed by atoms with Crippen molar-refractivity contribution >= 4 is 21.7 Å². The molecule has 0 aromatic carbocycles. The Bertz CT molecular complexity index is 408. The molecule has 1 aliphatic rings. The molecule has 0 amide bonds. The highest BCUT2D eigenvalue weighted by Gasteiger charge is 2.22. The third-order valence-corrected chi connectivity index (χ3v) is 3.68. The molecule has 0 bridgehead atoms. The molecule has 92 valence electrons. The van der Waals surface area contributed by atoms with E-state index in [2.05, 4.69) is 31.9 Å². The van der Waals surface area contributed by atoms with Crippen LogP contribution in [-0.4, -0.2) is 28.8 Å². The van der Waals surface area contributed by atoms with Crippen LogP contribution in [0.5, 0.6) is 0 Å². The molecule has 1 fully saturated rings. The van der Waals surface area contributed by atoms with Crippen LogP contribution in [0.4, 0.5) is 0 Å². The fraction of sp³-hybridized carbons (Fsp3) is 0.538. The number of ketones is 1. The second-order valence-corrected chi connectivity index (χ2v) is 5.61. The topological polar surface area (TPSA) is 33.2 Å². The fourth-order valence-electron chi connectivity index (χ4n) is 2.33. The molecule has 2 rings (SSSR count). The minimum absolute atomic E-state index is 0.226. The lowest BCUT2D eigenvalue weighted by Crippen LogP contribution is -2.37. The highest BCUT2D eigenvalue weighted by molar-refractivity contribution is 9.10. The third-order valence-electron chi connectivity index (χ3n) is 3.25. The summed E-state index contributed by atoms with van der Waals surface area (Å²) >= 11 is 3.43. The maximum Gasteiger partial charge on any atom is 0.134 e. The summed E-state index contributed by atoms with van der Waals surface area (Å²) in [5.41, 5.74) is 1.20. The molecule has 3 nitrogen and oxygen atoms in total. The predicted molar refractivity (Wildman–Crippen MR) is 70.6 cm³/mol. The van der Waals surface area contributed by atoms with E-state index in [1.165, 1.54) is 5.56 Å². The Hall–Kier alpha value is -0.740. The van der Waals surface area contributed by atoms with Gasteiger partial charge in [-0.15, -0.1) is 0 Å². The number of hydrogen-bond donors (Lipinski definition) is 0. The summed E-state index contributed by atoms with van der Waals surface area (Å²) in [6, 6.07) is 2.09. The first-order valence-electron chi connectivity index (χ1n) is 5.97. The van der Waals surface area contributed by atoms with E-state index in [0.717, 1.165) is 36.9 Å². The lowest BCUT2D eigenvalue weighted by atomic mass is 9.94. The second-order valence-electron chi connectivity index (χ2n) is 4.70. The van der Waals surface area contributed by atoms with Gasteiger partial charge in [0.2, 0.25) is 0 Å². The van der Waals surface area contributed by atoms with Crippen molar-refractivity contribution in [2.24, 2.45) is 5.92 Å². The summed E-state index contributed by atoms with van der Waals surface area (Å²) in [6.45, 7) is 4.56. The van der Waals surface area contributed by atoms with E-state index in [0.29, 0.717) is 5.78 Å². The number of nitrogens with zero attached hydrogens (tertiary/aromatic N) is 2. The van der Waals surface area contributed by atoms with Crippen molar-refractivity contribution in [3.63, 3.8) is 0 Å². The molecule has 1 atom stereocenters. The first kappa shape index (κ1) is 12.7. The zero-order chi connectivity index (χ0) is 12.3. The van der Waals surface area contributed by atoms with Gasteiger partial charge in [0.25, 0.3) is 0 Å². The van der Waals surface area contributed by atoms with Crippen LogP contribution in [0, 0.1) is 5.92 Å². The van der Waals surface area contributed by atoms with E-state index in [1.807, 2.05) is 6.20 Å². The lowest BCUT2D eigenvalue weighted by Gasteiger charge is -2.31. The average molecular weight is 297 g/mol. The molecule has 1 aliphatic heterocycles. The normalized spacial score (nSPS) is 21.4. The fourth-order valence-corrected chi connectivity index (χ4v) is 2.74. The summed E-state index contributed by atoms with van der Waals surface area (Å²) in [7, 11) is 0. The molecule has 4 heteroatoms. The van der Waals surface area contributed by atoms with Crippen molar-refractivity contribution in [3.8, 4) is 0 Å². The van der Waals surface area contributed by atoms with Crippen molar-refractivity contribution in [2.45, 2.75) is 26.3 Å². The molecule has 1 unspecified atom stereocenters. The molecule has 17 heavy (non-hydrogen) atoms. The van der Waals surface area contributed by atoms with Crippen LogP contribution in [0.15, 0.2) is 22.9 Å². The van der Waals surface area contributed by atoms with Crippen molar-refractivity contribution in [1.29, 1.82) is 0 Å². The van der Waals surface area contributed by atoms with Gasteiger partial charge in [-0.1, -0.05) is 0 Å². The largest absolute Gasteiger partial charge is 0.300 e. The number of pyridine rings is 1. The first-order valence-corrected chi connectivity index (χ1v) is 6.76. The number of halogens is 1. The van der Waals surface area contributed by atoms with Crippen LogP contribution in [0.3, 0.4) is 0 Å². The van der Waals surface area contributed by atoms with Gasteiger partial charge in [-0.25, -0.2) is 0 Å². The van der Waals surface area contributed by atoms with Crippen LogP contribution < -0.4 is 0 Å². The molecule has 0 radical (unpaired) electrons. The van der Waals surface area contributed by atoms with Crippen LogP contribution in [0.2, 0.25) is 0 Å². The van der Waals surface area contributed by atoms with Crippen LogP contribution in [-0.2, 0) is 11.3 Å². The summed E-state index contributed by atoms with van der Waals surface area (Å²) in [6.07, 6.45) is 5.84. The van der Waals surface area contributed by atoms with Gasteiger partial charge in [0.1, 0.15) is 5.78 Å². The van der Waals surface area contributed by atoms with Gasteiger partial charge in [-0.2, -0.15) is 0 Å². The Morgan fingerprint density at radius 3 is 3.12 bits per heavy atom. The molecule has 0 aliphatic carbocycles. The predicted octanol–water partition coefficient (Wildman–Crippen LogP) is 2.65. The molecule has 1 saturated heterocycles. The third kappa shape index (κ3) is 3.61. The van der Waals surface area contributed by atoms with Crippen molar-refractivity contribution < 1.29 is 4.79 Å². The summed E-state index contributed by atoms with van der Waals surface area (Å²) < 4.78 is 1.01. The number of piperidine rings is 1. The quantitative estimate of drug-likeness (QED) is 0.860. The van der Waals surface area contributed by atoms with E-state index < -0.39 is 0 Å². The van der Waals surface area contributed by atoms with E-state index in [9.17, 15) is 4.79 Å². The lowest BCUT2D eigenvalue weighted by molar-refractivity contribution is -0.122. The minimum atomic E-state index is 0.226. The number of hydrogen-bond acceptors (Lipinski definition) is 3. The molecule has 2 heterocycles. The molecular weight excluding hydrogens is 280 g/mol. The molecule has 0 saturated carbocycles. The van der Waals surface area contributed by atoms with Crippen molar-refractivity contribution in [3.05, 3.63) is 28.5 Å². The van der Waals surface area contributed by atoms with Gasteiger partial charge >= 0.3 is 0 Å². The Morgan fingerprint density at radius 2 is 2.41 bits per heavy atom. The molecule has 1 aromatic rings. The van der Waals surface area contributed by atoms with Crippen LogP contribution in [0.25, 0.3) is 0 Å². The SMILES string of the molecule is CC(=O)C1CCCN(Cc2cncc(Br)c2)C1. The first-order chi connectivity index (χ1) is 8.15. The zero-order valence-electron chi connectivity index (χ0n) is 10.0. The van der Waals surface area contributed by atoms with Gasteiger partial charge in [0.15, 0.2) is 0 Å². The number of likely N-dealkylation sites (tertiary alicyclic amines) is 1. The van der Waals surface area contributed by atoms with E-state index in [4.69, 9.17) is 0 Å². The maximum atomic E-state index is 11.4. The summed E-state index contributed by atoms with van der Waals surface area (Å²) in [5.74, 6) is 0.547. The smallest absolute Gasteiger partial charge is 0.134 e. The number of carbonyl (C=O) groups is 1. The van der Waals surface area contributed by atoms with E-state index in [1.54, 1.807) is 13.1 Å². The van der Waals surface area contributed by atoms with Crippen LogP contribution >= 0.6 is 15.9 Å². The second kappa shape index (κ2) is 5.74. The monoisotopic (exact) mass is 296 g/mol. The zero-order valence-corrected chi connectivity index (χ0v) is 11.6. The summed E-state index contributed by atoms with van der Waals surface area (Å²) in [5, 5.41) is 0. The van der Waals surface area contributed by atoms with Gasteiger partial charge in [-0.05, 0) is 53.9 Å². The van der Waals surface area contributed by atoms with Gasteiger partial charge in [-0.3, -0.25) is 14.7 Å². The maximum absolute atomic E-state index is 11.4.